The van der Waals surface area contributed by atoms with Crippen LogP contribution in [0.3, 0.4) is 0 Å². The number of anilines is 2. The van der Waals surface area contributed by atoms with Gasteiger partial charge in [-0.3, -0.25) is 0 Å². The van der Waals surface area contributed by atoms with E-state index in [1.54, 1.807) is 0 Å². The third kappa shape index (κ3) is 3.61. The van der Waals surface area contributed by atoms with Gasteiger partial charge in [0, 0.05) is 30.5 Å². The van der Waals surface area contributed by atoms with E-state index >= 15 is 0 Å². The van der Waals surface area contributed by atoms with Crippen LogP contribution in [0.2, 0.25) is 0 Å². The zero-order valence-electron chi connectivity index (χ0n) is 12.1. The zero-order chi connectivity index (χ0) is 13.8. The topological polar surface area (TPSA) is 32.5 Å². The molecule has 1 aromatic rings. The van der Waals surface area contributed by atoms with Gasteiger partial charge in [-0.25, -0.2) is 0 Å². The zero-order valence-corrected chi connectivity index (χ0v) is 13.3. The number of nitrogens with zero attached hydrogens (tertiary/aromatic N) is 2. The minimum atomic E-state index is 0.677. The van der Waals surface area contributed by atoms with Gasteiger partial charge in [-0.2, -0.15) is 0 Å². The average Bonchev–Trinajstić information content (AvgIpc) is 2.39. The minimum absolute atomic E-state index is 0.677. The Hall–Kier alpha value is -0.790. The first-order valence-electron chi connectivity index (χ1n) is 7.22. The Morgan fingerprint density at radius 2 is 2.26 bits per heavy atom. The van der Waals surface area contributed by atoms with E-state index < -0.39 is 0 Å². The summed E-state index contributed by atoms with van der Waals surface area (Å²) in [6.45, 7) is 5.72. The molecule has 0 aromatic heterocycles. The van der Waals surface area contributed by atoms with Crippen LogP contribution in [0.4, 0.5) is 11.4 Å². The molecule has 2 rings (SSSR count). The molecule has 2 N–H and O–H groups in total. The van der Waals surface area contributed by atoms with E-state index in [4.69, 9.17) is 5.73 Å². The minimum Gasteiger partial charge on any atom is -0.399 e. The molecule has 2 unspecified atom stereocenters. The Balaban J connectivity index is 2.08. The van der Waals surface area contributed by atoms with Gasteiger partial charge < -0.3 is 15.5 Å². The van der Waals surface area contributed by atoms with Gasteiger partial charge in [-0.1, -0.05) is 6.92 Å². The van der Waals surface area contributed by atoms with E-state index in [1.807, 2.05) is 12.1 Å². The molecule has 1 aliphatic rings. The fourth-order valence-electron chi connectivity index (χ4n) is 2.93. The number of hydrogen-bond donors (Lipinski definition) is 1. The van der Waals surface area contributed by atoms with Gasteiger partial charge in [0.1, 0.15) is 0 Å². The number of hydrogen-bond acceptors (Lipinski definition) is 3. The van der Waals surface area contributed by atoms with E-state index in [1.165, 1.54) is 36.8 Å². The summed E-state index contributed by atoms with van der Waals surface area (Å²) in [6, 6.07) is 6.87. The van der Waals surface area contributed by atoms with Crippen LogP contribution in [0.5, 0.6) is 0 Å². The third-order valence-electron chi connectivity index (χ3n) is 3.99. The van der Waals surface area contributed by atoms with Gasteiger partial charge in [0.05, 0.1) is 0 Å². The van der Waals surface area contributed by atoms with Gasteiger partial charge >= 0.3 is 0 Å². The van der Waals surface area contributed by atoms with E-state index in [0.29, 0.717) is 6.04 Å². The summed E-state index contributed by atoms with van der Waals surface area (Å²) in [5.41, 5.74) is 7.98. The first kappa shape index (κ1) is 14.6. The number of benzene rings is 1. The van der Waals surface area contributed by atoms with Crippen LogP contribution in [0.15, 0.2) is 18.2 Å². The summed E-state index contributed by atoms with van der Waals surface area (Å²) in [5, 5.41) is 1.21. The second-order valence-corrected chi connectivity index (χ2v) is 6.16. The largest absolute Gasteiger partial charge is 0.399 e. The summed E-state index contributed by atoms with van der Waals surface area (Å²) in [7, 11) is 5.07. The number of likely N-dealkylation sites (N-methyl/N-ethyl adjacent to an activating group) is 1. The molecule has 1 heterocycles. The fraction of sp³-hybridized carbons (Fsp3) is 0.600. The Kier molecular flexibility index (Phi) is 5.06. The van der Waals surface area contributed by atoms with Crippen LogP contribution in [0.25, 0.3) is 0 Å². The van der Waals surface area contributed by atoms with E-state index in [9.17, 15) is 0 Å². The quantitative estimate of drug-likeness (QED) is 0.676. The lowest BCUT2D eigenvalue weighted by molar-refractivity contribution is 0.216. The fourth-order valence-corrected chi connectivity index (χ4v) is 3.40. The predicted molar refractivity (Wildman–Crippen MR) is 88.4 cm³/mol. The Morgan fingerprint density at radius 1 is 1.47 bits per heavy atom. The molecule has 2 atom stereocenters. The van der Waals surface area contributed by atoms with Crippen molar-refractivity contribution in [2.75, 3.05) is 37.3 Å². The van der Waals surface area contributed by atoms with Gasteiger partial charge in [-0.15, -0.1) is 9.24 Å². The van der Waals surface area contributed by atoms with Crippen molar-refractivity contribution in [3.05, 3.63) is 18.2 Å². The van der Waals surface area contributed by atoms with E-state index in [2.05, 4.69) is 39.1 Å². The number of nitrogen functional groups attached to an aromatic ring is 1. The van der Waals surface area contributed by atoms with Gasteiger partial charge in [0.2, 0.25) is 0 Å². The average molecular weight is 279 g/mol. The Bertz CT molecular complexity index is 422. The molecule has 1 saturated heterocycles. The van der Waals surface area contributed by atoms with Crippen molar-refractivity contribution in [2.24, 2.45) is 0 Å². The van der Waals surface area contributed by atoms with Crippen molar-refractivity contribution in [1.29, 1.82) is 0 Å². The maximum Gasteiger partial charge on any atom is 0.0441 e. The molecular formula is C15H26N3P. The molecule has 0 bridgehead atoms. The summed E-state index contributed by atoms with van der Waals surface area (Å²) < 4.78 is 0. The van der Waals surface area contributed by atoms with Crippen molar-refractivity contribution >= 4 is 25.9 Å². The van der Waals surface area contributed by atoms with Crippen molar-refractivity contribution in [2.45, 2.75) is 32.2 Å². The third-order valence-corrected chi connectivity index (χ3v) is 4.45. The molecule has 1 aromatic carbocycles. The van der Waals surface area contributed by atoms with Crippen LogP contribution in [-0.2, 0) is 0 Å². The first-order chi connectivity index (χ1) is 9.11. The molecule has 0 amide bonds. The first-order valence-corrected chi connectivity index (χ1v) is 7.79. The second-order valence-electron chi connectivity index (χ2n) is 5.54. The maximum atomic E-state index is 5.83. The molecule has 0 aliphatic carbocycles. The van der Waals surface area contributed by atoms with Crippen LogP contribution >= 0.6 is 9.24 Å². The number of nitrogens with two attached hydrogens (primary N) is 1. The summed E-state index contributed by atoms with van der Waals surface area (Å²) in [5.74, 6) is 0. The smallest absolute Gasteiger partial charge is 0.0441 e. The molecule has 0 spiro atoms. The van der Waals surface area contributed by atoms with E-state index in [0.717, 1.165) is 18.8 Å². The van der Waals surface area contributed by atoms with Crippen molar-refractivity contribution < 1.29 is 0 Å². The number of piperidine rings is 1. The van der Waals surface area contributed by atoms with Crippen molar-refractivity contribution in [1.82, 2.24) is 4.90 Å². The van der Waals surface area contributed by atoms with Crippen molar-refractivity contribution in [3.8, 4) is 0 Å². The van der Waals surface area contributed by atoms with Crippen LogP contribution in [0, 0.1) is 0 Å². The van der Waals surface area contributed by atoms with Crippen LogP contribution in [0.1, 0.15) is 26.2 Å². The van der Waals surface area contributed by atoms with Crippen LogP contribution < -0.4 is 15.9 Å². The molecule has 4 heteroatoms. The molecule has 1 fully saturated rings. The molecule has 0 radical (unpaired) electrons. The normalized spacial score (nSPS) is 20.0. The SMILES string of the molecule is CCCN(C)C1CCCN(c2ccc(N)cc2P)C1. The molecule has 3 nitrogen and oxygen atoms in total. The molecule has 19 heavy (non-hydrogen) atoms. The van der Waals surface area contributed by atoms with Gasteiger partial charge in [0.25, 0.3) is 0 Å². The molecular weight excluding hydrogens is 253 g/mol. The lowest BCUT2D eigenvalue weighted by Crippen LogP contribution is -2.47. The highest BCUT2D eigenvalue weighted by atomic mass is 31.0. The lowest BCUT2D eigenvalue weighted by Gasteiger charge is -2.39. The van der Waals surface area contributed by atoms with E-state index in [-0.39, 0.29) is 0 Å². The maximum absolute atomic E-state index is 5.83. The standard InChI is InChI=1S/C15H26N3P/c1-3-8-17(2)13-5-4-9-18(11-13)14-7-6-12(16)10-15(14)19/h6-7,10,13H,3-5,8-9,11,16,19H2,1-2H3. The Morgan fingerprint density at radius 3 is 2.95 bits per heavy atom. The van der Waals surface area contributed by atoms with Gasteiger partial charge in [-0.05, 0) is 56.4 Å². The summed E-state index contributed by atoms with van der Waals surface area (Å²) in [4.78, 5) is 5.01. The molecule has 1 aliphatic heterocycles. The highest BCUT2D eigenvalue weighted by Gasteiger charge is 2.23. The van der Waals surface area contributed by atoms with Gasteiger partial charge in [0.15, 0.2) is 0 Å². The number of rotatable bonds is 4. The highest BCUT2D eigenvalue weighted by Crippen LogP contribution is 2.23. The molecule has 106 valence electrons. The summed E-state index contributed by atoms with van der Waals surface area (Å²) in [6.07, 6.45) is 3.81. The highest BCUT2D eigenvalue weighted by molar-refractivity contribution is 7.28. The molecule has 0 saturated carbocycles. The Labute approximate surface area is 119 Å². The summed E-state index contributed by atoms with van der Waals surface area (Å²) >= 11 is 0. The second kappa shape index (κ2) is 6.58. The monoisotopic (exact) mass is 279 g/mol. The lowest BCUT2D eigenvalue weighted by atomic mass is 10.0. The van der Waals surface area contributed by atoms with Crippen molar-refractivity contribution in [3.63, 3.8) is 0 Å². The predicted octanol–water partition coefficient (Wildman–Crippen LogP) is 2.08. The van der Waals surface area contributed by atoms with Crippen LogP contribution in [-0.4, -0.2) is 37.6 Å².